The summed E-state index contributed by atoms with van der Waals surface area (Å²) in [4.78, 5) is 24.5. The Bertz CT molecular complexity index is 281. The molecule has 0 radical (unpaired) electrons. The molecule has 0 aromatic carbocycles. The summed E-state index contributed by atoms with van der Waals surface area (Å²) in [5.41, 5.74) is 0. The standard InChI is InChI=1S/C12H22N2O3/c1-3-6-13-12(17)14-7-5-9(4-2)8-10(14)11(15)16/h9-10H,3-8H2,1-2H3,(H,13,17)(H,15,16). The first kappa shape index (κ1) is 13.8. The second kappa shape index (κ2) is 6.47. The number of carboxylic acids is 1. The number of carbonyl (C=O) groups is 2. The van der Waals surface area contributed by atoms with Crippen molar-refractivity contribution in [3.05, 3.63) is 0 Å². The second-order valence-electron chi connectivity index (χ2n) is 4.58. The molecule has 1 aliphatic heterocycles. The van der Waals surface area contributed by atoms with Crippen LogP contribution in [0.4, 0.5) is 4.79 Å². The Balaban J connectivity index is 2.63. The van der Waals surface area contributed by atoms with Gasteiger partial charge in [0.2, 0.25) is 0 Å². The van der Waals surface area contributed by atoms with Crippen LogP contribution in [0.3, 0.4) is 0 Å². The van der Waals surface area contributed by atoms with E-state index in [1.807, 2.05) is 6.92 Å². The number of rotatable bonds is 4. The number of urea groups is 1. The highest BCUT2D eigenvalue weighted by atomic mass is 16.4. The Morgan fingerprint density at radius 1 is 1.41 bits per heavy atom. The van der Waals surface area contributed by atoms with E-state index in [4.69, 9.17) is 0 Å². The van der Waals surface area contributed by atoms with Gasteiger partial charge < -0.3 is 15.3 Å². The van der Waals surface area contributed by atoms with E-state index in [1.165, 1.54) is 4.90 Å². The number of likely N-dealkylation sites (tertiary alicyclic amines) is 1. The van der Waals surface area contributed by atoms with Crippen LogP contribution in [0.2, 0.25) is 0 Å². The predicted molar refractivity (Wildman–Crippen MR) is 64.8 cm³/mol. The predicted octanol–water partition coefficient (Wildman–Crippen LogP) is 1.68. The van der Waals surface area contributed by atoms with Crippen LogP contribution in [0.15, 0.2) is 0 Å². The second-order valence-corrected chi connectivity index (χ2v) is 4.58. The molecular formula is C12H22N2O3. The average Bonchev–Trinajstić information content (AvgIpc) is 2.35. The Labute approximate surface area is 102 Å². The van der Waals surface area contributed by atoms with Crippen LogP contribution < -0.4 is 5.32 Å². The molecule has 0 aliphatic carbocycles. The highest BCUT2D eigenvalue weighted by Gasteiger charge is 2.35. The molecule has 1 heterocycles. The van der Waals surface area contributed by atoms with E-state index in [0.29, 0.717) is 25.4 Å². The lowest BCUT2D eigenvalue weighted by Gasteiger charge is -2.36. The maximum absolute atomic E-state index is 11.8. The smallest absolute Gasteiger partial charge is 0.326 e. The van der Waals surface area contributed by atoms with E-state index in [1.54, 1.807) is 0 Å². The summed E-state index contributed by atoms with van der Waals surface area (Å²) >= 11 is 0. The summed E-state index contributed by atoms with van der Waals surface area (Å²) in [6, 6.07) is -0.903. The number of hydrogen-bond donors (Lipinski definition) is 2. The van der Waals surface area contributed by atoms with Gasteiger partial charge in [-0.1, -0.05) is 20.3 Å². The molecule has 0 bridgehead atoms. The Kier molecular flexibility index (Phi) is 5.25. The normalized spacial score (nSPS) is 24.5. The number of carbonyl (C=O) groups excluding carboxylic acids is 1. The maximum Gasteiger partial charge on any atom is 0.326 e. The van der Waals surface area contributed by atoms with Crippen molar-refractivity contribution in [1.29, 1.82) is 0 Å². The van der Waals surface area contributed by atoms with Gasteiger partial charge >= 0.3 is 12.0 Å². The highest BCUT2D eigenvalue weighted by Crippen LogP contribution is 2.25. The first-order valence-corrected chi connectivity index (χ1v) is 6.37. The molecule has 17 heavy (non-hydrogen) atoms. The van der Waals surface area contributed by atoms with Crippen molar-refractivity contribution in [2.45, 2.75) is 45.6 Å². The molecule has 0 saturated carbocycles. The summed E-state index contributed by atoms with van der Waals surface area (Å²) in [5.74, 6) is -0.471. The Hall–Kier alpha value is -1.26. The maximum atomic E-state index is 11.8. The SMILES string of the molecule is CCCNC(=O)N1CCC(CC)CC1C(=O)O. The molecule has 1 rings (SSSR count). The lowest BCUT2D eigenvalue weighted by Crippen LogP contribution is -2.53. The number of nitrogens with one attached hydrogen (secondary N) is 1. The van der Waals surface area contributed by atoms with Gasteiger partial charge in [-0.05, 0) is 25.2 Å². The van der Waals surface area contributed by atoms with Gasteiger partial charge in [-0.25, -0.2) is 9.59 Å². The van der Waals surface area contributed by atoms with Gasteiger partial charge in [0.15, 0.2) is 0 Å². The van der Waals surface area contributed by atoms with E-state index in [2.05, 4.69) is 12.2 Å². The zero-order valence-electron chi connectivity index (χ0n) is 10.6. The van der Waals surface area contributed by atoms with Crippen LogP contribution in [-0.2, 0) is 4.79 Å². The van der Waals surface area contributed by atoms with Crippen molar-refractivity contribution in [3.63, 3.8) is 0 Å². The fraction of sp³-hybridized carbons (Fsp3) is 0.833. The van der Waals surface area contributed by atoms with Crippen molar-refractivity contribution in [2.24, 2.45) is 5.92 Å². The molecule has 5 heteroatoms. The third kappa shape index (κ3) is 3.61. The van der Waals surface area contributed by atoms with Gasteiger partial charge in [-0.15, -0.1) is 0 Å². The first-order chi connectivity index (χ1) is 8.10. The highest BCUT2D eigenvalue weighted by molar-refractivity contribution is 5.82. The summed E-state index contributed by atoms with van der Waals surface area (Å²) < 4.78 is 0. The van der Waals surface area contributed by atoms with Gasteiger partial charge in [0.1, 0.15) is 6.04 Å². The molecule has 98 valence electrons. The third-order valence-electron chi connectivity index (χ3n) is 3.36. The molecule has 1 fully saturated rings. The van der Waals surface area contributed by atoms with Crippen molar-refractivity contribution in [2.75, 3.05) is 13.1 Å². The number of aliphatic carboxylic acids is 1. The molecular weight excluding hydrogens is 220 g/mol. The summed E-state index contributed by atoms with van der Waals surface area (Å²) in [7, 11) is 0. The van der Waals surface area contributed by atoms with Crippen molar-refractivity contribution in [3.8, 4) is 0 Å². The summed E-state index contributed by atoms with van der Waals surface area (Å²) in [6.45, 7) is 5.18. The van der Waals surface area contributed by atoms with Crippen molar-refractivity contribution < 1.29 is 14.7 Å². The zero-order chi connectivity index (χ0) is 12.8. The average molecular weight is 242 g/mol. The van der Waals surface area contributed by atoms with Gasteiger partial charge in [-0.3, -0.25) is 0 Å². The minimum atomic E-state index is -0.894. The number of piperidine rings is 1. The van der Waals surface area contributed by atoms with Crippen molar-refractivity contribution >= 4 is 12.0 Å². The molecule has 2 N–H and O–H groups in total. The number of carboxylic acid groups (broad SMARTS) is 1. The molecule has 5 nitrogen and oxygen atoms in total. The van der Waals surface area contributed by atoms with E-state index >= 15 is 0 Å². The summed E-state index contributed by atoms with van der Waals surface area (Å²) in [5, 5.41) is 11.9. The Morgan fingerprint density at radius 3 is 2.65 bits per heavy atom. The minimum absolute atomic E-state index is 0.242. The molecule has 1 saturated heterocycles. The van der Waals surface area contributed by atoms with Gasteiger partial charge in [-0.2, -0.15) is 0 Å². The van der Waals surface area contributed by atoms with Gasteiger partial charge in [0, 0.05) is 13.1 Å². The van der Waals surface area contributed by atoms with E-state index in [0.717, 1.165) is 19.3 Å². The topological polar surface area (TPSA) is 69.6 Å². The lowest BCUT2D eigenvalue weighted by atomic mass is 9.89. The van der Waals surface area contributed by atoms with E-state index in [9.17, 15) is 14.7 Å². The number of amides is 2. The van der Waals surface area contributed by atoms with E-state index in [-0.39, 0.29) is 6.03 Å². The quantitative estimate of drug-likeness (QED) is 0.788. The molecule has 0 spiro atoms. The van der Waals surface area contributed by atoms with Crippen LogP contribution in [0, 0.1) is 5.92 Å². The van der Waals surface area contributed by atoms with Gasteiger partial charge in [0.25, 0.3) is 0 Å². The molecule has 1 aliphatic rings. The minimum Gasteiger partial charge on any atom is -0.480 e. The third-order valence-corrected chi connectivity index (χ3v) is 3.36. The zero-order valence-corrected chi connectivity index (χ0v) is 10.6. The molecule has 2 amide bonds. The molecule has 2 unspecified atom stereocenters. The van der Waals surface area contributed by atoms with Crippen LogP contribution in [0.5, 0.6) is 0 Å². The van der Waals surface area contributed by atoms with Crippen LogP contribution in [0.1, 0.15) is 39.5 Å². The van der Waals surface area contributed by atoms with Crippen LogP contribution >= 0.6 is 0 Å². The van der Waals surface area contributed by atoms with Crippen molar-refractivity contribution in [1.82, 2.24) is 10.2 Å². The molecule has 2 atom stereocenters. The lowest BCUT2D eigenvalue weighted by molar-refractivity contribution is -0.144. The monoisotopic (exact) mass is 242 g/mol. The van der Waals surface area contributed by atoms with Crippen LogP contribution in [0.25, 0.3) is 0 Å². The Morgan fingerprint density at radius 2 is 2.12 bits per heavy atom. The van der Waals surface area contributed by atoms with E-state index < -0.39 is 12.0 Å². The number of hydrogen-bond acceptors (Lipinski definition) is 2. The van der Waals surface area contributed by atoms with Crippen LogP contribution in [-0.4, -0.2) is 41.1 Å². The molecule has 0 aromatic rings. The molecule has 0 aromatic heterocycles. The summed E-state index contributed by atoms with van der Waals surface area (Å²) in [6.07, 6.45) is 3.31. The fourth-order valence-corrected chi connectivity index (χ4v) is 2.22. The van der Waals surface area contributed by atoms with Gasteiger partial charge in [0.05, 0.1) is 0 Å². The largest absolute Gasteiger partial charge is 0.480 e. The fourth-order valence-electron chi connectivity index (χ4n) is 2.22. The first-order valence-electron chi connectivity index (χ1n) is 6.37. The number of nitrogens with zero attached hydrogens (tertiary/aromatic N) is 1.